The van der Waals surface area contributed by atoms with Gasteiger partial charge in [-0.05, 0) is 19.8 Å². The van der Waals surface area contributed by atoms with Gasteiger partial charge in [0.25, 0.3) is 0 Å². The summed E-state index contributed by atoms with van der Waals surface area (Å²) in [6.45, 7) is 7.19. The van der Waals surface area contributed by atoms with Crippen LogP contribution in [0.1, 0.15) is 26.7 Å². The van der Waals surface area contributed by atoms with E-state index in [9.17, 15) is 28.7 Å². The van der Waals surface area contributed by atoms with E-state index in [1.54, 1.807) is 26.0 Å². The maximum atomic E-state index is 13.1. The van der Waals surface area contributed by atoms with Gasteiger partial charge < -0.3 is 19.8 Å². The highest BCUT2D eigenvalue weighted by Gasteiger charge is 2.57. The van der Waals surface area contributed by atoms with E-state index in [-0.39, 0.29) is 37.9 Å². The van der Waals surface area contributed by atoms with E-state index < -0.39 is 37.1 Å². The number of ether oxygens (including phenoxy) is 1. The van der Waals surface area contributed by atoms with Gasteiger partial charge in [0.15, 0.2) is 0 Å². The molecule has 0 radical (unpaired) electrons. The fourth-order valence-corrected chi connectivity index (χ4v) is 4.37. The van der Waals surface area contributed by atoms with Crippen LogP contribution in [-0.2, 0) is 23.7 Å². The van der Waals surface area contributed by atoms with Gasteiger partial charge in [-0.2, -0.15) is 0 Å². The molecule has 0 aliphatic carbocycles. The summed E-state index contributed by atoms with van der Waals surface area (Å²) >= 11 is 0. The Morgan fingerprint density at radius 1 is 1.43 bits per heavy atom. The van der Waals surface area contributed by atoms with Gasteiger partial charge in [-0.15, -0.1) is 0 Å². The molecule has 2 heterocycles. The average Bonchev–Trinajstić information content (AvgIpc) is 3.17. The third kappa shape index (κ3) is 4.78. The topological polar surface area (TPSA) is 133 Å². The number of likely N-dealkylation sites (tertiary alicyclic amines) is 1. The van der Waals surface area contributed by atoms with Gasteiger partial charge in [-0.3, -0.25) is 23.8 Å². The second kappa shape index (κ2) is 8.69. The van der Waals surface area contributed by atoms with Crippen molar-refractivity contribution in [1.82, 2.24) is 10.2 Å². The first-order chi connectivity index (χ1) is 13.0. The Bertz CT molecular complexity index is 744. The Hall–Kier alpha value is -1.80. The van der Waals surface area contributed by atoms with Crippen LogP contribution in [0.15, 0.2) is 24.3 Å². The van der Waals surface area contributed by atoms with Crippen molar-refractivity contribution in [2.45, 2.75) is 32.3 Å². The Labute approximate surface area is 164 Å². The van der Waals surface area contributed by atoms with E-state index in [0.717, 1.165) is 4.90 Å². The lowest BCUT2D eigenvalue weighted by atomic mass is 9.77. The largest absolute Gasteiger partial charge is 0.366 e. The lowest BCUT2D eigenvalue weighted by Gasteiger charge is -2.34. The van der Waals surface area contributed by atoms with E-state index in [0.29, 0.717) is 12.0 Å². The monoisotopic (exact) mass is 414 g/mol. The Morgan fingerprint density at radius 3 is 2.61 bits per heavy atom. The molecule has 0 aromatic carbocycles. The van der Waals surface area contributed by atoms with Crippen LogP contribution < -0.4 is 5.32 Å². The highest BCUT2D eigenvalue weighted by Crippen LogP contribution is 2.46. The average molecular weight is 414 g/mol. The minimum absolute atomic E-state index is 0.0158. The Morgan fingerprint density at radius 2 is 2.11 bits per heavy atom. The number of rotatable bonds is 9. The van der Waals surface area contributed by atoms with E-state index in [1.165, 1.54) is 0 Å². The third-order valence-electron chi connectivity index (χ3n) is 5.13. The summed E-state index contributed by atoms with van der Waals surface area (Å²) in [5, 5.41) is 2.59. The van der Waals surface area contributed by atoms with Crippen molar-refractivity contribution in [3.63, 3.8) is 0 Å². The lowest BCUT2D eigenvalue weighted by molar-refractivity contribution is -0.142. The number of imide groups is 1. The number of nitrogens with one attached hydrogen (secondary N) is 1. The van der Waals surface area contributed by atoms with E-state index in [1.807, 2.05) is 0 Å². The standard InChI is InChI=1S/C18H27N2O7P/c1-4-13-14(18(6-5-10-27-18)7-11-28(24,25)26)17(23)20(16(13)22)9-8-19-15(21)12(2)3/h5-6,13-14H,2,4,7-11H2,1,3H3,(H,19,21)(H2,24,25,26). The van der Waals surface area contributed by atoms with Crippen molar-refractivity contribution in [1.29, 1.82) is 0 Å². The zero-order valence-corrected chi connectivity index (χ0v) is 17.0. The number of hydrogen-bond donors (Lipinski definition) is 3. The molecule has 156 valence electrons. The summed E-state index contributed by atoms with van der Waals surface area (Å²) < 4.78 is 17.1. The molecule has 2 aliphatic heterocycles. The molecule has 28 heavy (non-hydrogen) atoms. The maximum Gasteiger partial charge on any atom is 0.325 e. The Kier molecular flexibility index (Phi) is 6.98. The molecule has 2 aliphatic rings. The van der Waals surface area contributed by atoms with Crippen LogP contribution in [0, 0.1) is 11.8 Å². The quantitative estimate of drug-likeness (QED) is 0.218. The minimum atomic E-state index is -4.30. The van der Waals surface area contributed by atoms with Crippen LogP contribution in [0.3, 0.4) is 0 Å². The van der Waals surface area contributed by atoms with Crippen LogP contribution in [0.25, 0.3) is 0 Å². The molecule has 0 aromatic heterocycles. The summed E-state index contributed by atoms with van der Waals surface area (Å²) in [7, 11) is -4.30. The van der Waals surface area contributed by atoms with Crippen LogP contribution in [-0.4, -0.2) is 63.9 Å². The van der Waals surface area contributed by atoms with Gasteiger partial charge in [0.1, 0.15) is 0 Å². The molecule has 3 atom stereocenters. The normalized spacial score (nSPS) is 27.5. The minimum Gasteiger partial charge on any atom is -0.366 e. The van der Waals surface area contributed by atoms with Crippen molar-refractivity contribution in [2.24, 2.45) is 11.8 Å². The highest BCUT2D eigenvalue weighted by molar-refractivity contribution is 7.51. The molecule has 0 saturated carbocycles. The van der Waals surface area contributed by atoms with Gasteiger partial charge >= 0.3 is 7.60 Å². The first-order valence-corrected chi connectivity index (χ1v) is 11.0. The summed E-state index contributed by atoms with van der Waals surface area (Å²) in [6.07, 6.45) is 3.22. The van der Waals surface area contributed by atoms with Crippen molar-refractivity contribution in [3.8, 4) is 0 Å². The Balaban J connectivity index is 2.20. The molecular weight excluding hydrogens is 387 g/mol. The molecule has 0 spiro atoms. The van der Waals surface area contributed by atoms with Gasteiger partial charge in [-0.25, -0.2) is 0 Å². The molecule has 10 heteroatoms. The summed E-state index contributed by atoms with van der Waals surface area (Å²) in [5.74, 6) is -2.67. The second-order valence-electron chi connectivity index (χ2n) is 7.16. The van der Waals surface area contributed by atoms with Crippen LogP contribution in [0.4, 0.5) is 0 Å². The molecule has 3 unspecified atom stereocenters. The fraction of sp³-hybridized carbons (Fsp3) is 0.611. The van der Waals surface area contributed by atoms with Gasteiger partial charge in [0, 0.05) is 18.7 Å². The first kappa shape index (κ1) is 22.5. The number of carbonyl (C=O) groups excluding carboxylic acids is 3. The molecule has 1 fully saturated rings. The van der Waals surface area contributed by atoms with Gasteiger partial charge in [0.05, 0.1) is 30.2 Å². The molecular formula is C18H27N2O7P. The molecule has 3 amide bonds. The molecule has 3 N–H and O–H groups in total. The predicted molar refractivity (Wildman–Crippen MR) is 101 cm³/mol. The maximum absolute atomic E-state index is 13.1. The highest BCUT2D eigenvalue weighted by atomic mass is 31.2. The first-order valence-electron chi connectivity index (χ1n) is 9.17. The molecule has 0 bridgehead atoms. The third-order valence-corrected chi connectivity index (χ3v) is 5.94. The molecule has 0 aromatic rings. The van der Waals surface area contributed by atoms with Crippen LogP contribution in [0.5, 0.6) is 0 Å². The zero-order chi connectivity index (χ0) is 21.1. The smallest absolute Gasteiger partial charge is 0.325 e. The van der Waals surface area contributed by atoms with Gasteiger partial charge in [0.2, 0.25) is 17.7 Å². The van der Waals surface area contributed by atoms with Crippen molar-refractivity contribution in [3.05, 3.63) is 24.3 Å². The number of hydrogen-bond acceptors (Lipinski definition) is 5. The van der Waals surface area contributed by atoms with E-state index in [2.05, 4.69) is 11.9 Å². The van der Waals surface area contributed by atoms with E-state index >= 15 is 0 Å². The predicted octanol–water partition coefficient (Wildman–Crippen LogP) is 0.583. The van der Waals surface area contributed by atoms with Crippen LogP contribution in [0.2, 0.25) is 0 Å². The lowest BCUT2D eigenvalue weighted by Crippen LogP contribution is -2.45. The number of amides is 3. The van der Waals surface area contributed by atoms with Crippen molar-refractivity contribution >= 4 is 25.3 Å². The number of carbonyl (C=O) groups is 3. The fourth-order valence-electron chi connectivity index (χ4n) is 3.73. The summed E-state index contributed by atoms with van der Waals surface area (Å²) in [6, 6.07) is 0. The molecule has 9 nitrogen and oxygen atoms in total. The summed E-state index contributed by atoms with van der Waals surface area (Å²) in [4.78, 5) is 57.1. The van der Waals surface area contributed by atoms with Crippen molar-refractivity contribution < 1.29 is 33.5 Å². The van der Waals surface area contributed by atoms with Crippen molar-refractivity contribution in [2.75, 3.05) is 25.9 Å². The molecule has 2 rings (SSSR count). The summed E-state index contributed by atoms with van der Waals surface area (Å²) in [5.41, 5.74) is -0.895. The van der Waals surface area contributed by atoms with Gasteiger partial charge in [-0.1, -0.05) is 25.7 Å². The molecule has 1 saturated heterocycles. The van der Waals surface area contributed by atoms with Crippen LogP contribution >= 0.6 is 7.60 Å². The second-order valence-corrected chi connectivity index (χ2v) is 8.94. The number of nitrogens with zero attached hydrogens (tertiary/aromatic N) is 1. The SMILES string of the molecule is C=C(C)C(=O)NCCN1C(=O)C(CC)C(C2(CCP(=O)(O)O)C=CCO2)C1=O. The zero-order valence-electron chi connectivity index (χ0n) is 16.1. The van der Waals surface area contributed by atoms with E-state index in [4.69, 9.17) is 4.74 Å².